The lowest BCUT2D eigenvalue weighted by molar-refractivity contribution is -0.125. The molecule has 2 aromatic rings. The molecule has 0 bridgehead atoms. The summed E-state index contributed by atoms with van der Waals surface area (Å²) < 4.78 is 10.2. The summed E-state index contributed by atoms with van der Waals surface area (Å²) in [6, 6.07) is 8.98. The Labute approximate surface area is 155 Å². The van der Waals surface area contributed by atoms with Gasteiger partial charge in [0.15, 0.2) is 6.61 Å². The van der Waals surface area contributed by atoms with Crippen molar-refractivity contribution in [3.05, 3.63) is 54.0 Å². The first-order valence-electron chi connectivity index (χ1n) is 8.41. The lowest BCUT2D eigenvalue weighted by Crippen LogP contribution is -2.31. The van der Waals surface area contributed by atoms with E-state index in [4.69, 9.17) is 9.15 Å². The third-order valence-electron chi connectivity index (χ3n) is 4.09. The highest BCUT2D eigenvalue weighted by atomic mass is 16.5. The van der Waals surface area contributed by atoms with Gasteiger partial charge in [-0.2, -0.15) is 0 Å². The Kier molecular flexibility index (Phi) is 5.35. The Hall–Kier alpha value is -3.42. The number of rotatable bonds is 6. The number of carbonyl (C=O) groups excluding carboxylic acids is 4. The van der Waals surface area contributed by atoms with Crippen molar-refractivity contribution in [3.63, 3.8) is 0 Å². The molecule has 8 heteroatoms. The summed E-state index contributed by atoms with van der Waals surface area (Å²) in [5, 5.41) is 2.65. The molecule has 1 aliphatic rings. The van der Waals surface area contributed by atoms with Crippen LogP contribution in [-0.2, 0) is 19.1 Å². The summed E-state index contributed by atoms with van der Waals surface area (Å²) >= 11 is 0. The lowest BCUT2D eigenvalue weighted by Gasteiger charge is -2.14. The van der Waals surface area contributed by atoms with Crippen LogP contribution in [-0.4, -0.2) is 30.3 Å². The molecule has 3 amide bonds. The number of esters is 1. The molecule has 1 aromatic carbocycles. The van der Waals surface area contributed by atoms with Crippen molar-refractivity contribution in [1.82, 2.24) is 5.32 Å². The molecule has 1 aliphatic heterocycles. The predicted molar refractivity (Wildman–Crippen MR) is 93.7 cm³/mol. The molecule has 1 saturated heterocycles. The largest absolute Gasteiger partial charge is 0.467 e. The van der Waals surface area contributed by atoms with E-state index in [1.807, 2.05) is 0 Å². The molecule has 27 heavy (non-hydrogen) atoms. The number of benzene rings is 1. The van der Waals surface area contributed by atoms with E-state index in [-0.39, 0.29) is 36.3 Å². The highest BCUT2D eigenvalue weighted by Gasteiger charge is 2.30. The molecule has 3 rings (SSSR count). The summed E-state index contributed by atoms with van der Waals surface area (Å²) in [4.78, 5) is 48.5. The second-order valence-electron chi connectivity index (χ2n) is 6.05. The molecular weight excluding hydrogens is 352 g/mol. The monoisotopic (exact) mass is 370 g/mol. The molecule has 8 nitrogen and oxygen atoms in total. The molecule has 140 valence electrons. The van der Waals surface area contributed by atoms with Gasteiger partial charge in [0.2, 0.25) is 11.8 Å². The van der Waals surface area contributed by atoms with Gasteiger partial charge in [-0.25, -0.2) is 4.79 Å². The van der Waals surface area contributed by atoms with Crippen molar-refractivity contribution in [2.45, 2.75) is 25.8 Å². The molecule has 1 aromatic heterocycles. The maximum absolute atomic E-state index is 12.1. The fourth-order valence-corrected chi connectivity index (χ4v) is 2.72. The van der Waals surface area contributed by atoms with E-state index in [2.05, 4.69) is 5.32 Å². The zero-order chi connectivity index (χ0) is 19.4. The van der Waals surface area contributed by atoms with Crippen molar-refractivity contribution in [2.24, 2.45) is 0 Å². The second-order valence-corrected chi connectivity index (χ2v) is 6.05. The minimum atomic E-state index is -0.679. The lowest BCUT2D eigenvalue weighted by atomic mass is 10.2. The van der Waals surface area contributed by atoms with Gasteiger partial charge < -0.3 is 14.5 Å². The number of amides is 3. The predicted octanol–water partition coefficient (Wildman–Crippen LogP) is 1.97. The maximum Gasteiger partial charge on any atom is 0.338 e. The average Bonchev–Trinajstić information content (AvgIpc) is 3.30. The molecule has 0 saturated carbocycles. The van der Waals surface area contributed by atoms with Crippen molar-refractivity contribution in [1.29, 1.82) is 0 Å². The van der Waals surface area contributed by atoms with Gasteiger partial charge in [0.25, 0.3) is 5.91 Å². The zero-order valence-corrected chi connectivity index (χ0v) is 14.6. The summed E-state index contributed by atoms with van der Waals surface area (Å²) in [5.74, 6) is -1.08. The highest BCUT2D eigenvalue weighted by molar-refractivity contribution is 6.19. The van der Waals surface area contributed by atoms with Gasteiger partial charge in [-0.1, -0.05) is 0 Å². The number of ether oxygens (including phenoxy) is 1. The summed E-state index contributed by atoms with van der Waals surface area (Å²) in [6.07, 6.45) is 1.88. The average molecular weight is 370 g/mol. The van der Waals surface area contributed by atoms with E-state index in [0.717, 1.165) is 4.90 Å². The van der Waals surface area contributed by atoms with Crippen LogP contribution in [0.15, 0.2) is 47.1 Å². The van der Waals surface area contributed by atoms with Gasteiger partial charge >= 0.3 is 5.97 Å². The molecule has 0 unspecified atom stereocenters. The number of nitrogens with one attached hydrogen (secondary N) is 1. The normalized spacial score (nSPS) is 14.9. The highest BCUT2D eigenvalue weighted by Crippen LogP contribution is 2.23. The van der Waals surface area contributed by atoms with Crippen LogP contribution in [0, 0.1) is 0 Å². The topological polar surface area (TPSA) is 106 Å². The molecule has 0 spiro atoms. The number of imide groups is 1. The number of nitrogens with zero attached hydrogens (tertiary/aromatic N) is 1. The van der Waals surface area contributed by atoms with Gasteiger partial charge in [-0.3, -0.25) is 19.3 Å². The van der Waals surface area contributed by atoms with Crippen LogP contribution in [0.1, 0.15) is 41.9 Å². The van der Waals surface area contributed by atoms with Crippen molar-refractivity contribution < 1.29 is 28.3 Å². The minimum absolute atomic E-state index is 0.189. The van der Waals surface area contributed by atoms with Crippen molar-refractivity contribution >= 4 is 29.4 Å². The van der Waals surface area contributed by atoms with Gasteiger partial charge in [0.1, 0.15) is 5.76 Å². The Morgan fingerprint density at radius 1 is 1.15 bits per heavy atom. The van der Waals surface area contributed by atoms with Crippen LogP contribution < -0.4 is 10.2 Å². The van der Waals surface area contributed by atoms with Gasteiger partial charge in [-0.15, -0.1) is 0 Å². The van der Waals surface area contributed by atoms with E-state index in [0.29, 0.717) is 11.4 Å². The van der Waals surface area contributed by atoms with E-state index in [9.17, 15) is 19.2 Å². The number of furan rings is 1. The smallest absolute Gasteiger partial charge is 0.338 e. The Morgan fingerprint density at radius 2 is 1.81 bits per heavy atom. The SMILES string of the molecule is C[C@H](NC(=O)COC(=O)c1ccc(N2C(=O)CCC2=O)cc1)c1ccco1. The first-order valence-corrected chi connectivity index (χ1v) is 8.41. The molecule has 1 atom stereocenters. The molecule has 1 fully saturated rings. The standard InChI is InChI=1S/C19H18N2O6/c1-12(15-3-2-10-26-15)20-16(22)11-27-19(25)13-4-6-14(7-5-13)21-17(23)8-9-18(21)24/h2-7,10,12H,8-9,11H2,1H3,(H,20,22)/t12-/m0/s1. The first-order chi connectivity index (χ1) is 13.0. The molecular formula is C19H18N2O6. The fourth-order valence-electron chi connectivity index (χ4n) is 2.72. The zero-order valence-electron chi connectivity index (χ0n) is 14.6. The Bertz CT molecular complexity index is 841. The van der Waals surface area contributed by atoms with E-state index in [1.54, 1.807) is 19.1 Å². The summed E-state index contributed by atoms with van der Waals surface area (Å²) in [6.45, 7) is 1.31. The van der Waals surface area contributed by atoms with E-state index < -0.39 is 18.5 Å². The van der Waals surface area contributed by atoms with E-state index in [1.165, 1.54) is 30.5 Å². The fraction of sp³-hybridized carbons (Fsp3) is 0.263. The van der Waals surface area contributed by atoms with Crippen LogP contribution in [0.5, 0.6) is 0 Å². The quantitative estimate of drug-likeness (QED) is 0.615. The maximum atomic E-state index is 12.1. The molecule has 2 heterocycles. The van der Waals surface area contributed by atoms with Crippen LogP contribution in [0.3, 0.4) is 0 Å². The number of anilines is 1. The van der Waals surface area contributed by atoms with Crippen LogP contribution in [0.2, 0.25) is 0 Å². The van der Waals surface area contributed by atoms with Crippen molar-refractivity contribution in [3.8, 4) is 0 Å². The van der Waals surface area contributed by atoms with Gasteiger partial charge in [0.05, 0.1) is 23.6 Å². The minimum Gasteiger partial charge on any atom is -0.467 e. The summed E-state index contributed by atoms with van der Waals surface area (Å²) in [5.41, 5.74) is 0.619. The molecule has 0 radical (unpaired) electrons. The summed E-state index contributed by atoms with van der Waals surface area (Å²) in [7, 11) is 0. The van der Waals surface area contributed by atoms with Crippen molar-refractivity contribution in [2.75, 3.05) is 11.5 Å². The molecule has 0 aliphatic carbocycles. The third kappa shape index (κ3) is 4.22. The van der Waals surface area contributed by atoms with Crippen LogP contribution in [0.25, 0.3) is 0 Å². The van der Waals surface area contributed by atoms with Crippen LogP contribution >= 0.6 is 0 Å². The number of hydrogen-bond donors (Lipinski definition) is 1. The number of carbonyl (C=O) groups is 4. The second kappa shape index (κ2) is 7.86. The van der Waals surface area contributed by atoms with E-state index >= 15 is 0 Å². The Balaban J connectivity index is 1.53. The van der Waals surface area contributed by atoms with Gasteiger partial charge in [0, 0.05) is 12.8 Å². The number of hydrogen-bond acceptors (Lipinski definition) is 6. The van der Waals surface area contributed by atoms with Gasteiger partial charge in [-0.05, 0) is 43.3 Å². The first kappa shape index (κ1) is 18.4. The molecule has 1 N–H and O–H groups in total. The third-order valence-corrected chi connectivity index (χ3v) is 4.09. The van der Waals surface area contributed by atoms with Crippen LogP contribution in [0.4, 0.5) is 5.69 Å². The Morgan fingerprint density at radius 3 is 2.41 bits per heavy atom.